The second-order valence-corrected chi connectivity index (χ2v) is 6.34. The summed E-state index contributed by atoms with van der Waals surface area (Å²) in [5, 5.41) is 3.00. The fourth-order valence-corrected chi connectivity index (χ4v) is 2.59. The van der Waals surface area contributed by atoms with Crippen molar-refractivity contribution < 1.29 is 4.79 Å². The number of benzene rings is 2. The maximum Gasteiger partial charge on any atom is 0.241 e. The van der Waals surface area contributed by atoms with Crippen LogP contribution in [0.15, 0.2) is 53.0 Å². The molecule has 4 heteroatoms. The number of hydrogen-bond donors (Lipinski definition) is 1. The Kier molecular flexibility index (Phi) is 5.75. The van der Waals surface area contributed by atoms with Crippen LogP contribution in [-0.4, -0.2) is 23.9 Å². The smallest absolute Gasteiger partial charge is 0.241 e. The molecule has 1 N–H and O–H groups in total. The van der Waals surface area contributed by atoms with E-state index in [0.717, 1.165) is 15.7 Å². The lowest BCUT2D eigenvalue weighted by Gasteiger charge is -2.24. The summed E-state index contributed by atoms with van der Waals surface area (Å²) in [4.78, 5) is 14.5. The van der Waals surface area contributed by atoms with Crippen LogP contribution in [0.1, 0.15) is 18.1 Å². The van der Waals surface area contributed by atoms with Gasteiger partial charge in [0.25, 0.3) is 0 Å². The molecule has 1 amide bonds. The molecule has 0 aromatic heterocycles. The fourth-order valence-electron chi connectivity index (χ4n) is 2.18. The Bertz CT molecular complexity index is 657. The van der Waals surface area contributed by atoms with Crippen LogP contribution in [0.3, 0.4) is 0 Å². The van der Waals surface area contributed by atoms with Crippen molar-refractivity contribution in [1.82, 2.24) is 4.90 Å². The van der Waals surface area contributed by atoms with Gasteiger partial charge in [-0.25, -0.2) is 0 Å². The lowest BCUT2D eigenvalue weighted by molar-refractivity contribution is -0.120. The standard InChI is InChI=1S/C18H21BrN2O/c1-13-8-4-7-11-17(13)20-18(22)14(2)21(3)12-15-9-5-6-10-16(15)19/h4-11,14H,12H2,1-3H3,(H,20,22). The Morgan fingerprint density at radius 3 is 2.50 bits per heavy atom. The van der Waals surface area contributed by atoms with E-state index in [0.29, 0.717) is 6.54 Å². The van der Waals surface area contributed by atoms with Crippen LogP contribution >= 0.6 is 15.9 Å². The van der Waals surface area contributed by atoms with Crippen LogP contribution < -0.4 is 5.32 Å². The first-order chi connectivity index (χ1) is 10.5. The van der Waals surface area contributed by atoms with E-state index < -0.39 is 0 Å². The molecule has 0 fully saturated rings. The molecular weight excluding hydrogens is 340 g/mol. The summed E-state index contributed by atoms with van der Waals surface area (Å²) >= 11 is 3.55. The van der Waals surface area contributed by atoms with E-state index in [1.54, 1.807) is 0 Å². The highest BCUT2D eigenvalue weighted by Gasteiger charge is 2.19. The minimum absolute atomic E-state index is 0.00357. The number of carbonyl (C=O) groups excluding carboxylic acids is 1. The van der Waals surface area contributed by atoms with Gasteiger partial charge in [0, 0.05) is 16.7 Å². The number of hydrogen-bond acceptors (Lipinski definition) is 2. The van der Waals surface area contributed by atoms with Gasteiger partial charge in [-0.2, -0.15) is 0 Å². The first kappa shape index (κ1) is 16.7. The van der Waals surface area contributed by atoms with Gasteiger partial charge >= 0.3 is 0 Å². The SMILES string of the molecule is Cc1ccccc1NC(=O)C(C)N(C)Cc1ccccc1Br. The van der Waals surface area contributed by atoms with Gasteiger partial charge in [-0.1, -0.05) is 52.3 Å². The van der Waals surface area contributed by atoms with Gasteiger partial charge in [0.1, 0.15) is 0 Å². The van der Waals surface area contributed by atoms with E-state index in [-0.39, 0.29) is 11.9 Å². The quantitative estimate of drug-likeness (QED) is 0.865. The van der Waals surface area contributed by atoms with Crippen molar-refractivity contribution in [2.24, 2.45) is 0 Å². The second-order valence-electron chi connectivity index (χ2n) is 5.49. The average molecular weight is 361 g/mol. The fraction of sp³-hybridized carbons (Fsp3) is 0.278. The molecule has 1 unspecified atom stereocenters. The lowest BCUT2D eigenvalue weighted by atomic mass is 10.1. The highest BCUT2D eigenvalue weighted by atomic mass is 79.9. The van der Waals surface area contributed by atoms with E-state index >= 15 is 0 Å². The van der Waals surface area contributed by atoms with E-state index in [1.165, 1.54) is 5.56 Å². The summed E-state index contributed by atoms with van der Waals surface area (Å²) in [5.74, 6) is 0.00357. The molecule has 3 nitrogen and oxygen atoms in total. The average Bonchev–Trinajstić information content (AvgIpc) is 2.51. The van der Waals surface area contributed by atoms with Gasteiger partial charge in [-0.15, -0.1) is 0 Å². The number of halogens is 1. The van der Waals surface area contributed by atoms with Crippen molar-refractivity contribution in [2.75, 3.05) is 12.4 Å². The number of para-hydroxylation sites is 1. The number of nitrogens with one attached hydrogen (secondary N) is 1. The Balaban J connectivity index is 2.01. The minimum Gasteiger partial charge on any atom is -0.324 e. The van der Waals surface area contributed by atoms with Crippen LogP contribution in [0, 0.1) is 6.92 Å². The molecule has 0 aliphatic heterocycles. The van der Waals surface area contributed by atoms with Crippen molar-refractivity contribution in [1.29, 1.82) is 0 Å². The number of nitrogens with zero attached hydrogens (tertiary/aromatic N) is 1. The zero-order chi connectivity index (χ0) is 16.1. The van der Waals surface area contributed by atoms with Crippen molar-refractivity contribution in [3.05, 3.63) is 64.1 Å². The van der Waals surface area contributed by atoms with Gasteiger partial charge in [-0.3, -0.25) is 9.69 Å². The molecule has 0 radical (unpaired) electrons. The molecule has 0 bridgehead atoms. The van der Waals surface area contributed by atoms with Gasteiger partial charge in [0.2, 0.25) is 5.91 Å². The molecule has 0 saturated heterocycles. The molecule has 0 spiro atoms. The number of amides is 1. The third kappa shape index (κ3) is 4.18. The van der Waals surface area contributed by atoms with Crippen LogP contribution in [0.25, 0.3) is 0 Å². The third-order valence-corrected chi connectivity index (χ3v) is 4.59. The third-order valence-electron chi connectivity index (χ3n) is 3.82. The topological polar surface area (TPSA) is 32.3 Å². The number of carbonyl (C=O) groups is 1. The molecule has 22 heavy (non-hydrogen) atoms. The van der Waals surface area contributed by atoms with Gasteiger partial charge in [0.05, 0.1) is 6.04 Å². The molecular formula is C18H21BrN2O. The zero-order valence-corrected chi connectivity index (χ0v) is 14.7. The first-order valence-electron chi connectivity index (χ1n) is 7.29. The number of anilines is 1. The van der Waals surface area contributed by atoms with Crippen LogP contribution in [-0.2, 0) is 11.3 Å². The molecule has 2 aromatic carbocycles. The Morgan fingerprint density at radius 1 is 1.18 bits per heavy atom. The molecule has 2 aromatic rings. The molecule has 0 heterocycles. The molecule has 0 aliphatic carbocycles. The monoisotopic (exact) mass is 360 g/mol. The summed E-state index contributed by atoms with van der Waals surface area (Å²) in [6.45, 7) is 4.62. The summed E-state index contributed by atoms with van der Waals surface area (Å²) < 4.78 is 1.06. The Hall–Kier alpha value is -1.65. The van der Waals surface area contributed by atoms with E-state index in [1.807, 2.05) is 68.3 Å². The highest BCUT2D eigenvalue weighted by molar-refractivity contribution is 9.10. The molecule has 116 valence electrons. The van der Waals surface area contributed by atoms with E-state index in [2.05, 4.69) is 27.3 Å². The molecule has 2 rings (SSSR count). The van der Waals surface area contributed by atoms with Crippen LogP contribution in [0.2, 0.25) is 0 Å². The highest BCUT2D eigenvalue weighted by Crippen LogP contribution is 2.19. The van der Waals surface area contributed by atoms with Crippen molar-refractivity contribution in [3.63, 3.8) is 0 Å². The van der Waals surface area contributed by atoms with Gasteiger partial charge in [-0.05, 0) is 44.2 Å². The Labute approximate surface area is 140 Å². The summed E-state index contributed by atoms with van der Waals surface area (Å²) in [5.41, 5.74) is 3.10. The minimum atomic E-state index is -0.216. The van der Waals surface area contributed by atoms with Crippen molar-refractivity contribution in [2.45, 2.75) is 26.4 Å². The van der Waals surface area contributed by atoms with E-state index in [4.69, 9.17) is 0 Å². The van der Waals surface area contributed by atoms with Crippen molar-refractivity contribution in [3.8, 4) is 0 Å². The molecule has 1 atom stereocenters. The van der Waals surface area contributed by atoms with Crippen molar-refractivity contribution >= 4 is 27.5 Å². The number of likely N-dealkylation sites (N-methyl/N-ethyl adjacent to an activating group) is 1. The summed E-state index contributed by atoms with van der Waals surface area (Å²) in [6.07, 6.45) is 0. The molecule has 0 aliphatic rings. The summed E-state index contributed by atoms with van der Waals surface area (Å²) in [6, 6.07) is 15.7. The lowest BCUT2D eigenvalue weighted by Crippen LogP contribution is -2.39. The zero-order valence-electron chi connectivity index (χ0n) is 13.1. The normalized spacial score (nSPS) is 12.2. The maximum atomic E-state index is 12.4. The van der Waals surface area contributed by atoms with Crippen LogP contribution in [0.5, 0.6) is 0 Å². The summed E-state index contributed by atoms with van der Waals surface area (Å²) in [7, 11) is 1.96. The van der Waals surface area contributed by atoms with E-state index in [9.17, 15) is 4.79 Å². The first-order valence-corrected chi connectivity index (χ1v) is 8.08. The van der Waals surface area contributed by atoms with Gasteiger partial charge < -0.3 is 5.32 Å². The predicted octanol–water partition coefficient (Wildman–Crippen LogP) is 4.22. The van der Waals surface area contributed by atoms with Gasteiger partial charge in [0.15, 0.2) is 0 Å². The predicted molar refractivity (Wildman–Crippen MR) is 94.9 cm³/mol. The maximum absolute atomic E-state index is 12.4. The molecule has 0 saturated carbocycles. The number of aryl methyl sites for hydroxylation is 1. The number of rotatable bonds is 5. The second kappa shape index (κ2) is 7.56. The Morgan fingerprint density at radius 2 is 1.82 bits per heavy atom. The van der Waals surface area contributed by atoms with Crippen LogP contribution in [0.4, 0.5) is 5.69 Å². The largest absolute Gasteiger partial charge is 0.324 e.